The molecule has 0 aromatic heterocycles. The zero-order chi connectivity index (χ0) is 18.7. The lowest BCUT2D eigenvalue weighted by molar-refractivity contribution is -0.123. The third-order valence-electron chi connectivity index (χ3n) is 4.43. The van der Waals surface area contributed by atoms with Gasteiger partial charge in [-0.15, -0.1) is 0 Å². The van der Waals surface area contributed by atoms with Gasteiger partial charge in [0.2, 0.25) is 5.91 Å². The minimum atomic E-state index is -4.46. The second kappa shape index (κ2) is 7.43. The number of alkyl halides is 3. The number of hydrogen-bond donors (Lipinski definition) is 3. The molecule has 0 heterocycles. The van der Waals surface area contributed by atoms with Gasteiger partial charge in [0, 0.05) is 16.8 Å². The predicted molar refractivity (Wildman–Crippen MR) is 88.0 cm³/mol. The Kier molecular flexibility index (Phi) is 5.72. The largest absolute Gasteiger partial charge is 0.405 e. The number of amides is 2. The molecular weight excluding hydrogens is 335 g/mol. The summed E-state index contributed by atoms with van der Waals surface area (Å²) in [7, 11) is 0. The van der Waals surface area contributed by atoms with E-state index in [9.17, 15) is 22.8 Å². The predicted octanol–water partition coefficient (Wildman–Crippen LogP) is 2.82. The standard InChI is InChI=1S/C17H22F3N3O2/c1-16(21)9-3-2-4-13(16)15(25)23-12-7-5-11(6-8-12)14(24)22-10-17(18,19)20/h5-8,13H,2-4,9-10,21H2,1H3,(H,22,24)(H,23,25). The molecular formula is C17H22F3N3O2. The molecule has 0 aliphatic heterocycles. The first kappa shape index (κ1) is 19.2. The van der Waals surface area contributed by atoms with Crippen LogP contribution in [0.25, 0.3) is 0 Å². The van der Waals surface area contributed by atoms with Gasteiger partial charge < -0.3 is 16.4 Å². The quantitative estimate of drug-likeness (QED) is 0.775. The summed E-state index contributed by atoms with van der Waals surface area (Å²) in [5, 5.41) is 4.55. The summed E-state index contributed by atoms with van der Waals surface area (Å²) in [6.07, 6.45) is -1.01. The molecule has 1 fully saturated rings. The minimum Gasteiger partial charge on any atom is -0.343 e. The zero-order valence-electron chi connectivity index (χ0n) is 14.0. The summed E-state index contributed by atoms with van der Waals surface area (Å²) >= 11 is 0. The minimum absolute atomic E-state index is 0.0866. The molecule has 0 saturated heterocycles. The molecule has 0 spiro atoms. The van der Waals surface area contributed by atoms with E-state index in [1.807, 2.05) is 6.92 Å². The summed E-state index contributed by atoms with van der Waals surface area (Å²) < 4.78 is 36.3. The summed E-state index contributed by atoms with van der Waals surface area (Å²) in [5.74, 6) is -1.30. The first-order chi connectivity index (χ1) is 11.6. The summed E-state index contributed by atoms with van der Waals surface area (Å²) in [6, 6.07) is 5.70. The monoisotopic (exact) mass is 357 g/mol. The maximum absolute atomic E-state index is 12.4. The number of rotatable bonds is 4. The molecule has 1 saturated carbocycles. The maximum Gasteiger partial charge on any atom is 0.405 e. The molecule has 1 aromatic rings. The van der Waals surface area contributed by atoms with Crippen LogP contribution < -0.4 is 16.4 Å². The van der Waals surface area contributed by atoms with Crippen molar-refractivity contribution in [3.05, 3.63) is 29.8 Å². The normalized spacial score (nSPS) is 23.8. The number of halogens is 3. The maximum atomic E-state index is 12.4. The van der Waals surface area contributed by atoms with Gasteiger partial charge in [-0.05, 0) is 44.0 Å². The van der Waals surface area contributed by atoms with E-state index in [2.05, 4.69) is 5.32 Å². The fraction of sp³-hybridized carbons (Fsp3) is 0.529. The van der Waals surface area contributed by atoms with Gasteiger partial charge in [0.15, 0.2) is 0 Å². The van der Waals surface area contributed by atoms with E-state index >= 15 is 0 Å². The molecule has 1 aromatic carbocycles. The third-order valence-corrected chi connectivity index (χ3v) is 4.43. The highest BCUT2D eigenvalue weighted by molar-refractivity contribution is 5.96. The molecule has 2 atom stereocenters. The Morgan fingerprint density at radius 2 is 1.88 bits per heavy atom. The molecule has 4 N–H and O–H groups in total. The highest BCUT2D eigenvalue weighted by atomic mass is 19.4. The number of carbonyl (C=O) groups excluding carboxylic acids is 2. The van der Waals surface area contributed by atoms with E-state index < -0.39 is 24.2 Å². The van der Waals surface area contributed by atoms with Crippen LogP contribution >= 0.6 is 0 Å². The van der Waals surface area contributed by atoms with Crippen molar-refractivity contribution in [3.63, 3.8) is 0 Å². The van der Waals surface area contributed by atoms with Crippen LogP contribution in [0.4, 0.5) is 18.9 Å². The first-order valence-corrected chi connectivity index (χ1v) is 8.13. The zero-order valence-corrected chi connectivity index (χ0v) is 14.0. The fourth-order valence-electron chi connectivity index (χ4n) is 3.01. The second-order valence-electron chi connectivity index (χ2n) is 6.67. The van der Waals surface area contributed by atoms with Crippen LogP contribution in [0.5, 0.6) is 0 Å². The molecule has 2 amide bonds. The lowest BCUT2D eigenvalue weighted by Gasteiger charge is -2.37. The molecule has 25 heavy (non-hydrogen) atoms. The van der Waals surface area contributed by atoms with Gasteiger partial charge in [-0.2, -0.15) is 13.2 Å². The Morgan fingerprint density at radius 3 is 2.44 bits per heavy atom. The van der Waals surface area contributed by atoms with Gasteiger partial charge in [-0.3, -0.25) is 9.59 Å². The van der Waals surface area contributed by atoms with E-state index in [4.69, 9.17) is 5.73 Å². The van der Waals surface area contributed by atoms with Gasteiger partial charge in [-0.1, -0.05) is 12.8 Å². The number of nitrogens with one attached hydrogen (secondary N) is 2. The Hall–Kier alpha value is -2.09. The number of benzene rings is 1. The van der Waals surface area contributed by atoms with Crippen molar-refractivity contribution in [2.24, 2.45) is 11.7 Å². The first-order valence-electron chi connectivity index (χ1n) is 8.13. The van der Waals surface area contributed by atoms with E-state index in [1.165, 1.54) is 24.3 Å². The average Bonchev–Trinajstić information content (AvgIpc) is 2.52. The lowest BCUT2D eigenvalue weighted by Crippen LogP contribution is -2.51. The molecule has 1 aliphatic carbocycles. The average molecular weight is 357 g/mol. The Balaban J connectivity index is 1.96. The Labute approximate surface area is 144 Å². The summed E-state index contributed by atoms with van der Waals surface area (Å²) in [6.45, 7) is 0.478. The number of hydrogen-bond acceptors (Lipinski definition) is 3. The molecule has 0 bridgehead atoms. The van der Waals surface area contributed by atoms with Crippen LogP contribution in [0.1, 0.15) is 43.0 Å². The van der Waals surface area contributed by atoms with E-state index in [0.29, 0.717) is 5.69 Å². The van der Waals surface area contributed by atoms with Gasteiger partial charge in [0.1, 0.15) is 6.54 Å². The van der Waals surface area contributed by atoms with Crippen molar-refractivity contribution < 1.29 is 22.8 Å². The van der Waals surface area contributed by atoms with Crippen LogP contribution in [-0.4, -0.2) is 30.1 Å². The van der Waals surface area contributed by atoms with E-state index in [0.717, 1.165) is 25.7 Å². The molecule has 1 aliphatic rings. The third kappa shape index (κ3) is 5.45. The van der Waals surface area contributed by atoms with Gasteiger partial charge in [0.05, 0.1) is 5.92 Å². The van der Waals surface area contributed by atoms with Crippen molar-refractivity contribution in [2.75, 3.05) is 11.9 Å². The molecule has 8 heteroatoms. The van der Waals surface area contributed by atoms with Crippen molar-refractivity contribution >= 4 is 17.5 Å². The topological polar surface area (TPSA) is 84.2 Å². The number of carbonyl (C=O) groups is 2. The van der Waals surface area contributed by atoms with E-state index in [-0.39, 0.29) is 17.4 Å². The molecule has 2 rings (SSSR count). The summed E-state index contributed by atoms with van der Waals surface area (Å²) in [5.41, 5.74) is 6.21. The second-order valence-corrected chi connectivity index (χ2v) is 6.67. The van der Waals surface area contributed by atoms with Gasteiger partial charge in [-0.25, -0.2) is 0 Å². The van der Waals surface area contributed by atoms with E-state index in [1.54, 1.807) is 5.32 Å². The van der Waals surface area contributed by atoms with Crippen molar-refractivity contribution in [1.82, 2.24) is 5.32 Å². The Morgan fingerprint density at radius 1 is 1.24 bits per heavy atom. The Bertz CT molecular complexity index is 627. The number of nitrogens with two attached hydrogens (primary N) is 1. The van der Waals surface area contributed by atoms with Crippen molar-refractivity contribution in [1.29, 1.82) is 0 Å². The van der Waals surface area contributed by atoms with Crippen molar-refractivity contribution in [2.45, 2.75) is 44.3 Å². The smallest absolute Gasteiger partial charge is 0.343 e. The molecule has 138 valence electrons. The van der Waals surface area contributed by atoms with Gasteiger partial charge in [0.25, 0.3) is 5.91 Å². The summed E-state index contributed by atoms with van der Waals surface area (Å²) in [4.78, 5) is 24.1. The lowest BCUT2D eigenvalue weighted by atomic mass is 9.74. The molecule has 5 nitrogen and oxygen atoms in total. The van der Waals surface area contributed by atoms with Crippen LogP contribution in [0.15, 0.2) is 24.3 Å². The van der Waals surface area contributed by atoms with Crippen LogP contribution in [0.2, 0.25) is 0 Å². The van der Waals surface area contributed by atoms with Crippen LogP contribution in [0, 0.1) is 5.92 Å². The molecule has 0 radical (unpaired) electrons. The highest BCUT2D eigenvalue weighted by Crippen LogP contribution is 2.32. The SMILES string of the molecule is CC1(N)CCCCC1C(=O)Nc1ccc(C(=O)NCC(F)(F)F)cc1. The van der Waals surface area contributed by atoms with Crippen LogP contribution in [0.3, 0.4) is 0 Å². The number of anilines is 1. The highest BCUT2D eigenvalue weighted by Gasteiger charge is 2.37. The van der Waals surface area contributed by atoms with Crippen LogP contribution in [-0.2, 0) is 4.79 Å². The molecule has 2 unspecified atom stereocenters. The fourth-order valence-corrected chi connectivity index (χ4v) is 3.01. The van der Waals surface area contributed by atoms with Gasteiger partial charge >= 0.3 is 6.18 Å². The van der Waals surface area contributed by atoms with Crippen molar-refractivity contribution in [3.8, 4) is 0 Å².